The monoisotopic (exact) mass is 332 g/mol. The largest absolute Gasteiger partial charge is 0.376 e. The highest BCUT2D eigenvalue weighted by Crippen LogP contribution is 2.28. The zero-order valence-corrected chi connectivity index (χ0v) is 14.2. The molecule has 0 unspecified atom stereocenters. The van der Waals surface area contributed by atoms with Gasteiger partial charge in [-0.15, -0.1) is 0 Å². The van der Waals surface area contributed by atoms with Gasteiger partial charge in [-0.25, -0.2) is 8.42 Å². The van der Waals surface area contributed by atoms with Gasteiger partial charge in [0.05, 0.1) is 12.7 Å². The molecule has 1 aliphatic heterocycles. The van der Waals surface area contributed by atoms with Gasteiger partial charge in [0.15, 0.2) is 14.6 Å². The van der Waals surface area contributed by atoms with Gasteiger partial charge in [0, 0.05) is 12.8 Å². The van der Waals surface area contributed by atoms with E-state index in [-0.39, 0.29) is 5.91 Å². The first-order valence-electron chi connectivity index (χ1n) is 8.26. The van der Waals surface area contributed by atoms with E-state index < -0.39 is 14.6 Å². The summed E-state index contributed by atoms with van der Waals surface area (Å²) in [7, 11) is -3.44. The molecule has 22 heavy (non-hydrogen) atoms. The molecule has 1 amide bonds. The molecule has 2 N–H and O–H groups in total. The molecular formula is C15H28N2O4S. The zero-order chi connectivity index (χ0) is 16.1. The molecule has 1 saturated heterocycles. The summed E-state index contributed by atoms with van der Waals surface area (Å²) in [6, 6.07) is 0. The Labute approximate surface area is 133 Å². The number of amides is 1. The Morgan fingerprint density at radius 3 is 2.45 bits per heavy atom. The van der Waals surface area contributed by atoms with Gasteiger partial charge in [-0.3, -0.25) is 4.79 Å². The number of carbonyl (C=O) groups is 1. The molecule has 0 spiro atoms. The van der Waals surface area contributed by atoms with Crippen molar-refractivity contribution in [1.82, 2.24) is 10.6 Å². The van der Waals surface area contributed by atoms with Gasteiger partial charge in [0.2, 0.25) is 5.91 Å². The van der Waals surface area contributed by atoms with Crippen LogP contribution in [-0.2, 0) is 19.4 Å². The molecule has 1 heterocycles. The van der Waals surface area contributed by atoms with Gasteiger partial charge < -0.3 is 15.4 Å². The van der Waals surface area contributed by atoms with Crippen molar-refractivity contribution < 1.29 is 17.9 Å². The molecule has 2 aliphatic rings. The molecule has 6 nitrogen and oxygen atoms in total. The number of nitrogens with one attached hydrogen (secondary N) is 2. The second-order valence-corrected chi connectivity index (χ2v) is 8.73. The lowest BCUT2D eigenvalue weighted by Gasteiger charge is -2.34. The van der Waals surface area contributed by atoms with Gasteiger partial charge in [0.1, 0.15) is 0 Å². The lowest BCUT2D eigenvalue weighted by atomic mass is 9.96. The molecular weight excluding hydrogens is 304 g/mol. The van der Waals surface area contributed by atoms with E-state index in [0.29, 0.717) is 45.2 Å². The minimum Gasteiger partial charge on any atom is -0.376 e. The highest BCUT2D eigenvalue weighted by atomic mass is 32.2. The maximum atomic E-state index is 12.4. The molecule has 2 rings (SSSR count). The third-order valence-corrected chi connectivity index (χ3v) is 6.84. The Balaban J connectivity index is 1.81. The van der Waals surface area contributed by atoms with E-state index >= 15 is 0 Å². The SMILES string of the molecule is CS(=O)(=O)C1(C(=O)NCCOC2CCCCC2)CCNCC1. The molecule has 7 heteroatoms. The second-order valence-electron chi connectivity index (χ2n) is 6.40. The standard InChI is InChI=1S/C15H28N2O4S/c1-22(19,20)15(7-9-16-10-8-15)14(18)17-11-12-21-13-5-3-2-4-6-13/h13,16H,2-12H2,1H3,(H,17,18). The summed E-state index contributed by atoms with van der Waals surface area (Å²) in [5, 5.41) is 5.88. The van der Waals surface area contributed by atoms with Crippen LogP contribution < -0.4 is 10.6 Å². The highest BCUT2D eigenvalue weighted by molar-refractivity contribution is 7.92. The van der Waals surface area contributed by atoms with Crippen LogP contribution in [0, 0.1) is 0 Å². The minimum atomic E-state index is -3.44. The predicted octanol–water partition coefficient (Wildman–Crippen LogP) is 0.619. The van der Waals surface area contributed by atoms with Gasteiger partial charge in [-0.2, -0.15) is 0 Å². The van der Waals surface area contributed by atoms with Crippen LogP contribution >= 0.6 is 0 Å². The first kappa shape index (κ1) is 17.7. The minimum absolute atomic E-state index is 0.299. The number of hydrogen-bond donors (Lipinski definition) is 2. The summed E-state index contributed by atoms with van der Waals surface area (Å²) in [6.45, 7) is 1.94. The van der Waals surface area contributed by atoms with E-state index in [1.54, 1.807) is 0 Å². The Morgan fingerprint density at radius 1 is 1.23 bits per heavy atom. The molecule has 0 aromatic heterocycles. The first-order valence-corrected chi connectivity index (χ1v) is 10.1. The molecule has 1 aliphatic carbocycles. The van der Waals surface area contributed by atoms with E-state index in [4.69, 9.17) is 4.74 Å². The first-order chi connectivity index (χ1) is 10.5. The number of ether oxygens (including phenoxy) is 1. The van der Waals surface area contributed by atoms with E-state index in [0.717, 1.165) is 19.1 Å². The molecule has 128 valence electrons. The lowest BCUT2D eigenvalue weighted by Crippen LogP contribution is -2.57. The van der Waals surface area contributed by atoms with Gasteiger partial charge in [-0.1, -0.05) is 19.3 Å². The fourth-order valence-corrected chi connectivity index (χ4v) is 4.73. The average molecular weight is 332 g/mol. The normalized spacial score (nSPS) is 23.1. The van der Waals surface area contributed by atoms with Gasteiger partial charge in [0.25, 0.3) is 0 Å². The molecule has 0 aromatic carbocycles. The van der Waals surface area contributed by atoms with Crippen LogP contribution in [0.1, 0.15) is 44.9 Å². The Kier molecular flexibility index (Phi) is 6.23. The van der Waals surface area contributed by atoms with Crippen molar-refractivity contribution in [2.24, 2.45) is 0 Å². The molecule has 2 fully saturated rings. The van der Waals surface area contributed by atoms with E-state index in [1.807, 2.05) is 0 Å². The van der Waals surface area contributed by atoms with Crippen LogP contribution in [0.15, 0.2) is 0 Å². The third kappa shape index (κ3) is 4.20. The fourth-order valence-electron chi connectivity index (χ4n) is 3.38. The van der Waals surface area contributed by atoms with Gasteiger partial charge in [-0.05, 0) is 38.8 Å². The summed E-state index contributed by atoms with van der Waals surface area (Å²) in [5.41, 5.74) is 0. The quantitative estimate of drug-likeness (QED) is 0.697. The number of piperidine rings is 1. The number of rotatable bonds is 6. The average Bonchev–Trinajstić information content (AvgIpc) is 2.52. The smallest absolute Gasteiger partial charge is 0.241 e. The summed E-state index contributed by atoms with van der Waals surface area (Å²) < 4.78 is 28.7. The van der Waals surface area contributed by atoms with Crippen molar-refractivity contribution >= 4 is 15.7 Å². The fraction of sp³-hybridized carbons (Fsp3) is 0.933. The highest BCUT2D eigenvalue weighted by Gasteiger charge is 2.48. The summed E-state index contributed by atoms with van der Waals surface area (Å²) >= 11 is 0. The van der Waals surface area contributed by atoms with Crippen LogP contribution in [0.5, 0.6) is 0 Å². The Bertz CT molecular complexity index is 466. The van der Waals surface area contributed by atoms with Crippen LogP contribution in [-0.4, -0.2) is 57.7 Å². The van der Waals surface area contributed by atoms with Crippen LogP contribution in [0.25, 0.3) is 0 Å². The molecule has 0 radical (unpaired) electrons. The van der Waals surface area contributed by atoms with Crippen molar-refractivity contribution in [2.75, 3.05) is 32.5 Å². The third-order valence-electron chi connectivity index (χ3n) is 4.83. The lowest BCUT2D eigenvalue weighted by molar-refractivity contribution is -0.124. The maximum Gasteiger partial charge on any atom is 0.241 e. The molecule has 0 atom stereocenters. The Morgan fingerprint density at radius 2 is 1.86 bits per heavy atom. The van der Waals surface area contributed by atoms with Crippen molar-refractivity contribution in [3.8, 4) is 0 Å². The number of sulfone groups is 1. The topological polar surface area (TPSA) is 84.5 Å². The molecule has 0 bridgehead atoms. The van der Waals surface area contributed by atoms with Crippen molar-refractivity contribution in [1.29, 1.82) is 0 Å². The van der Waals surface area contributed by atoms with Crippen molar-refractivity contribution in [2.45, 2.75) is 55.8 Å². The zero-order valence-electron chi connectivity index (χ0n) is 13.4. The Hall–Kier alpha value is -0.660. The maximum absolute atomic E-state index is 12.4. The van der Waals surface area contributed by atoms with E-state index in [1.165, 1.54) is 19.3 Å². The summed E-state index contributed by atoms with van der Waals surface area (Å²) in [5.74, 6) is -0.372. The summed E-state index contributed by atoms with van der Waals surface area (Å²) in [4.78, 5) is 12.4. The van der Waals surface area contributed by atoms with Gasteiger partial charge >= 0.3 is 0 Å². The summed E-state index contributed by atoms with van der Waals surface area (Å²) in [6.07, 6.45) is 8.01. The van der Waals surface area contributed by atoms with Crippen LogP contribution in [0.4, 0.5) is 0 Å². The molecule has 0 aromatic rings. The van der Waals surface area contributed by atoms with Crippen LogP contribution in [0.2, 0.25) is 0 Å². The van der Waals surface area contributed by atoms with Crippen molar-refractivity contribution in [3.05, 3.63) is 0 Å². The number of carbonyl (C=O) groups excluding carboxylic acids is 1. The molecule has 1 saturated carbocycles. The van der Waals surface area contributed by atoms with E-state index in [2.05, 4.69) is 10.6 Å². The number of hydrogen-bond acceptors (Lipinski definition) is 5. The predicted molar refractivity (Wildman–Crippen MR) is 85.5 cm³/mol. The second kappa shape index (κ2) is 7.75. The van der Waals surface area contributed by atoms with Crippen LogP contribution in [0.3, 0.4) is 0 Å². The van der Waals surface area contributed by atoms with E-state index in [9.17, 15) is 13.2 Å². The van der Waals surface area contributed by atoms with Crippen molar-refractivity contribution in [3.63, 3.8) is 0 Å².